The van der Waals surface area contributed by atoms with Crippen LogP contribution in [0.3, 0.4) is 0 Å². The number of aliphatic carboxylic acids is 1. The molecule has 0 fully saturated rings. The van der Waals surface area contributed by atoms with Gasteiger partial charge in [-0.15, -0.1) is 0 Å². The molecule has 0 radical (unpaired) electrons. The molecule has 27 heavy (non-hydrogen) atoms. The van der Waals surface area contributed by atoms with Crippen LogP contribution in [-0.2, 0) is 9.53 Å². The molecule has 1 unspecified atom stereocenters. The Morgan fingerprint density at radius 1 is 0.889 bits per heavy atom. The molecule has 2 aromatic rings. The van der Waals surface area contributed by atoms with Crippen molar-refractivity contribution >= 4 is 12.1 Å². The quantitative estimate of drug-likeness (QED) is 0.841. The van der Waals surface area contributed by atoms with Crippen LogP contribution in [0.15, 0.2) is 60.7 Å². The summed E-state index contributed by atoms with van der Waals surface area (Å²) in [5, 5.41) is 10.2. The predicted molar refractivity (Wildman–Crippen MR) is 105 cm³/mol. The van der Waals surface area contributed by atoms with E-state index in [-0.39, 0.29) is 0 Å². The van der Waals surface area contributed by atoms with Crippen LogP contribution in [0.2, 0.25) is 0 Å². The van der Waals surface area contributed by atoms with Crippen LogP contribution in [0.1, 0.15) is 44.7 Å². The first-order valence-corrected chi connectivity index (χ1v) is 8.87. The second-order valence-electron chi connectivity index (χ2n) is 7.75. The van der Waals surface area contributed by atoms with Gasteiger partial charge in [0.15, 0.2) is 5.54 Å². The van der Waals surface area contributed by atoms with Crippen LogP contribution in [0.5, 0.6) is 0 Å². The molecule has 0 bridgehead atoms. The first-order valence-electron chi connectivity index (χ1n) is 8.87. The molecule has 1 amide bonds. The first-order chi connectivity index (χ1) is 12.6. The molecule has 5 nitrogen and oxygen atoms in total. The van der Waals surface area contributed by atoms with Crippen LogP contribution in [0.25, 0.3) is 0 Å². The third-order valence-corrected chi connectivity index (χ3v) is 4.63. The third-order valence-electron chi connectivity index (χ3n) is 4.63. The summed E-state index contributed by atoms with van der Waals surface area (Å²) >= 11 is 0. The van der Waals surface area contributed by atoms with Gasteiger partial charge in [-0.25, -0.2) is 9.59 Å². The van der Waals surface area contributed by atoms with Gasteiger partial charge in [-0.05, 0) is 38.8 Å². The first kappa shape index (κ1) is 20.5. The van der Waals surface area contributed by atoms with E-state index in [1.807, 2.05) is 60.7 Å². The minimum atomic E-state index is -1.55. The Bertz CT molecular complexity index is 743. The second-order valence-corrected chi connectivity index (χ2v) is 7.75. The lowest BCUT2D eigenvalue weighted by Gasteiger charge is -2.42. The number of carboxylic acid groups (broad SMARTS) is 1. The van der Waals surface area contributed by atoms with Crippen LogP contribution in [-0.4, -0.2) is 40.3 Å². The standard InChI is InChI=1S/C22H27NO4/c1-21(2,3)27-20(26)23(5)22(4,19(24)25)18(16-12-8-6-9-13-16)17-14-10-7-11-15-17/h6-15,18H,1-5H3,(H,24,25). The van der Waals surface area contributed by atoms with Crippen molar-refractivity contribution in [1.82, 2.24) is 4.90 Å². The molecule has 0 saturated carbocycles. The summed E-state index contributed by atoms with van der Waals surface area (Å²) in [5.74, 6) is -1.68. The molecule has 0 aliphatic carbocycles. The Balaban J connectivity index is 2.60. The van der Waals surface area contributed by atoms with E-state index < -0.39 is 29.1 Å². The molecule has 0 aromatic heterocycles. The molecule has 0 saturated heterocycles. The van der Waals surface area contributed by atoms with Crippen LogP contribution >= 0.6 is 0 Å². The van der Waals surface area contributed by atoms with Crippen molar-refractivity contribution in [3.63, 3.8) is 0 Å². The van der Waals surface area contributed by atoms with E-state index in [0.717, 1.165) is 11.1 Å². The van der Waals surface area contributed by atoms with Crippen LogP contribution in [0, 0.1) is 0 Å². The average Bonchev–Trinajstić information content (AvgIpc) is 2.61. The second kappa shape index (κ2) is 7.82. The Hall–Kier alpha value is -2.82. The molecular formula is C22H27NO4. The zero-order valence-corrected chi connectivity index (χ0v) is 16.5. The highest BCUT2D eigenvalue weighted by Gasteiger charge is 2.49. The highest BCUT2D eigenvalue weighted by molar-refractivity contribution is 5.86. The number of nitrogens with zero attached hydrogens (tertiary/aromatic N) is 1. The van der Waals surface area contributed by atoms with Gasteiger partial charge in [-0.2, -0.15) is 0 Å². The van der Waals surface area contributed by atoms with E-state index in [9.17, 15) is 14.7 Å². The fraction of sp³-hybridized carbons (Fsp3) is 0.364. The number of benzene rings is 2. The average molecular weight is 369 g/mol. The maximum Gasteiger partial charge on any atom is 0.411 e. The normalized spacial score (nSPS) is 13.7. The van der Waals surface area contributed by atoms with Gasteiger partial charge in [-0.3, -0.25) is 4.90 Å². The number of carbonyl (C=O) groups excluding carboxylic acids is 1. The largest absolute Gasteiger partial charge is 0.479 e. The zero-order chi connectivity index (χ0) is 20.2. The molecule has 1 atom stereocenters. The number of hydrogen-bond acceptors (Lipinski definition) is 3. The number of amides is 1. The molecule has 0 aliphatic rings. The minimum Gasteiger partial charge on any atom is -0.479 e. The number of carboxylic acids is 1. The highest BCUT2D eigenvalue weighted by atomic mass is 16.6. The van der Waals surface area contributed by atoms with Crippen molar-refractivity contribution in [2.45, 2.75) is 44.8 Å². The molecule has 2 rings (SSSR count). The lowest BCUT2D eigenvalue weighted by atomic mass is 9.75. The van der Waals surface area contributed by atoms with E-state index in [0.29, 0.717) is 0 Å². The highest BCUT2D eigenvalue weighted by Crippen LogP contribution is 2.39. The minimum absolute atomic E-state index is 0.574. The summed E-state index contributed by atoms with van der Waals surface area (Å²) in [7, 11) is 1.47. The van der Waals surface area contributed by atoms with Gasteiger partial charge < -0.3 is 9.84 Å². The number of hydrogen-bond donors (Lipinski definition) is 1. The fourth-order valence-corrected chi connectivity index (χ4v) is 3.11. The van der Waals surface area contributed by atoms with Crippen LogP contribution in [0.4, 0.5) is 4.79 Å². The fourth-order valence-electron chi connectivity index (χ4n) is 3.11. The number of likely N-dealkylation sites (N-methyl/N-ethyl adjacent to an activating group) is 1. The monoisotopic (exact) mass is 369 g/mol. The lowest BCUT2D eigenvalue weighted by molar-refractivity contribution is -0.150. The summed E-state index contributed by atoms with van der Waals surface area (Å²) in [6, 6.07) is 18.7. The topological polar surface area (TPSA) is 66.8 Å². The molecule has 0 aliphatic heterocycles. The summed E-state index contributed by atoms with van der Waals surface area (Å²) < 4.78 is 5.44. The van der Waals surface area contributed by atoms with Crippen molar-refractivity contribution in [2.24, 2.45) is 0 Å². The number of rotatable bonds is 5. The van der Waals surface area contributed by atoms with Gasteiger partial charge in [0.1, 0.15) is 5.60 Å². The Labute approximate surface area is 160 Å². The van der Waals surface area contributed by atoms with E-state index in [1.54, 1.807) is 27.7 Å². The van der Waals surface area contributed by atoms with Gasteiger partial charge in [0.2, 0.25) is 0 Å². The molecule has 5 heteroatoms. The SMILES string of the molecule is CN(C(=O)OC(C)(C)C)C(C)(C(=O)O)C(c1ccccc1)c1ccccc1. The van der Waals surface area contributed by atoms with Gasteiger partial charge in [0, 0.05) is 13.0 Å². The molecule has 1 N–H and O–H groups in total. The van der Waals surface area contributed by atoms with E-state index in [4.69, 9.17) is 4.74 Å². The van der Waals surface area contributed by atoms with Gasteiger partial charge >= 0.3 is 12.1 Å². The van der Waals surface area contributed by atoms with Gasteiger partial charge in [-0.1, -0.05) is 60.7 Å². The maximum absolute atomic E-state index is 12.7. The van der Waals surface area contributed by atoms with Crippen molar-refractivity contribution in [3.05, 3.63) is 71.8 Å². The summed E-state index contributed by atoms with van der Waals surface area (Å²) in [6.07, 6.45) is -0.677. The lowest BCUT2D eigenvalue weighted by Crippen LogP contribution is -2.58. The summed E-state index contributed by atoms with van der Waals surface area (Å²) in [4.78, 5) is 26.4. The smallest absolute Gasteiger partial charge is 0.411 e. The van der Waals surface area contributed by atoms with E-state index >= 15 is 0 Å². The van der Waals surface area contributed by atoms with Crippen molar-refractivity contribution in [2.75, 3.05) is 7.05 Å². The molecule has 0 spiro atoms. The van der Waals surface area contributed by atoms with Crippen molar-refractivity contribution in [3.8, 4) is 0 Å². The summed E-state index contributed by atoms with van der Waals surface area (Å²) in [6.45, 7) is 6.82. The van der Waals surface area contributed by atoms with Gasteiger partial charge in [0.25, 0.3) is 0 Å². The van der Waals surface area contributed by atoms with E-state index in [1.165, 1.54) is 11.9 Å². The molecule has 144 valence electrons. The molecule has 0 heterocycles. The van der Waals surface area contributed by atoms with Gasteiger partial charge in [0.05, 0.1) is 0 Å². The molecule has 2 aromatic carbocycles. The zero-order valence-electron chi connectivity index (χ0n) is 16.5. The number of ether oxygens (including phenoxy) is 1. The Morgan fingerprint density at radius 3 is 1.63 bits per heavy atom. The third kappa shape index (κ3) is 4.48. The predicted octanol–water partition coefficient (Wildman–Crippen LogP) is 4.53. The Morgan fingerprint density at radius 2 is 1.30 bits per heavy atom. The summed E-state index contributed by atoms with van der Waals surface area (Å²) in [5.41, 5.74) is -0.654. The molecular weight excluding hydrogens is 342 g/mol. The van der Waals surface area contributed by atoms with E-state index in [2.05, 4.69) is 0 Å². The Kier molecular flexibility index (Phi) is 5.94. The van der Waals surface area contributed by atoms with Crippen molar-refractivity contribution < 1.29 is 19.4 Å². The van der Waals surface area contributed by atoms with Crippen LogP contribution < -0.4 is 0 Å². The van der Waals surface area contributed by atoms with Crippen molar-refractivity contribution in [1.29, 1.82) is 0 Å². The number of carbonyl (C=O) groups is 2. The maximum atomic E-state index is 12.7.